The second-order valence-electron chi connectivity index (χ2n) is 1.72. The lowest BCUT2D eigenvalue weighted by atomic mass is 10.5. The molecule has 2 N–H and O–H groups in total. The fraction of sp³-hybridized carbons (Fsp3) is 0.250. The monoisotopic (exact) mass is 167 g/mol. The zero-order valence-corrected chi connectivity index (χ0v) is 7.35. The molecule has 66 valence electrons. The standard InChI is InChI=1S/C6H7N3O.C2H6/c1-3-7-5-4(2)8-6(10)9-5;1-2/h3H,1-2H2,(H2,7,8,9,10);1-2H3. The number of hydrogen-bond donors (Lipinski definition) is 2. The van der Waals surface area contributed by atoms with E-state index in [0.717, 1.165) is 0 Å². The fourth-order valence-corrected chi connectivity index (χ4v) is 0.612. The van der Waals surface area contributed by atoms with Gasteiger partial charge in [-0.1, -0.05) is 27.0 Å². The van der Waals surface area contributed by atoms with Crippen molar-refractivity contribution in [3.8, 4) is 0 Å². The van der Waals surface area contributed by atoms with Crippen molar-refractivity contribution in [2.45, 2.75) is 13.8 Å². The molecule has 0 aromatic carbocycles. The lowest BCUT2D eigenvalue weighted by Gasteiger charge is -1.89. The lowest BCUT2D eigenvalue weighted by Crippen LogP contribution is -2.22. The molecule has 0 saturated carbocycles. The summed E-state index contributed by atoms with van der Waals surface area (Å²) >= 11 is 0. The van der Waals surface area contributed by atoms with E-state index >= 15 is 0 Å². The first kappa shape index (κ1) is 10.4. The highest BCUT2D eigenvalue weighted by molar-refractivity contribution is 6.14. The predicted molar refractivity (Wildman–Crippen MR) is 49.8 cm³/mol. The highest BCUT2D eigenvalue weighted by Crippen LogP contribution is 1.95. The quantitative estimate of drug-likeness (QED) is 0.609. The molecular weight excluding hydrogens is 154 g/mol. The number of nitrogens with one attached hydrogen (secondary N) is 2. The molecule has 1 aliphatic rings. The van der Waals surface area contributed by atoms with Crippen molar-refractivity contribution >= 4 is 11.9 Å². The average molecular weight is 167 g/mol. The van der Waals surface area contributed by atoms with Gasteiger partial charge in [0.1, 0.15) is 0 Å². The Morgan fingerprint density at radius 1 is 1.42 bits per heavy atom. The van der Waals surface area contributed by atoms with Crippen LogP contribution in [0.5, 0.6) is 0 Å². The van der Waals surface area contributed by atoms with E-state index in [4.69, 9.17) is 0 Å². The van der Waals surface area contributed by atoms with Gasteiger partial charge in [-0.2, -0.15) is 0 Å². The van der Waals surface area contributed by atoms with Crippen LogP contribution in [0.1, 0.15) is 13.8 Å². The number of aliphatic imine (C=N–C) groups is 1. The molecule has 0 aliphatic carbocycles. The topological polar surface area (TPSA) is 53.5 Å². The van der Waals surface area contributed by atoms with Crippen molar-refractivity contribution in [3.63, 3.8) is 0 Å². The minimum Gasteiger partial charge on any atom is -0.305 e. The van der Waals surface area contributed by atoms with Crippen LogP contribution in [0.15, 0.2) is 30.0 Å². The van der Waals surface area contributed by atoms with Gasteiger partial charge >= 0.3 is 6.03 Å². The Balaban J connectivity index is 0.000000561. The molecule has 0 aromatic rings. The van der Waals surface area contributed by atoms with Crippen LogP contribution in [0.2, 0.25) is 0 Å². The molecule has 1 heterocycles. The summed E-state index contributed by atoms with van der Waals surface area (Å²) in [4.78, 5) is 14.3. The van der Waals surface area contributed by atoms with E-state index in [0.29, 0.717) is 11.5 Å². The third-order valence-electron chi connectivity index (χ3n) is 1.00. The van der Waals surface area contributed by atoms with Crippen molar-refractivity contribution in [1.29, 1.82) is 0 Å². The van der Waals surface area contributed by atoms with Crippen LogP contribution in [0.4, 0.5) is 4.79 Å². The summed E-state index contributed by atoms with van der Waals surface area (Å²) in [6.45, 7) is 10.9. The van der Waals surface area contributed by atoms with Crippen LogP contribution < -0.4 is 10.6 Å². The van der Waals surface area contributed by atoms with Gasteiger partial charge in [0.25, 0.3) is 0 Å². The van der Waals surface area contributed by atoms with Crippen LogP contribution in [0.3, 0.4) is 0 Å². The lowest BCUT2D eigenvalue weighted by molar-refractivity contribution is 0.250. The van der Waals surface area contributed by atoms with Crippen molar-refractivity contribution < 1.29 is 4.79 Å². The molecular formula is C8H13N3O. The number of rotatable bonds is 1. The van der Waals surface area contributed by atoms with Crippen LogP contribution in [-0.2, 0) is 0 Å². The molecule has 0 unspecified atom stereocenters. The summed E-state index contributed by atoms with van der Waals surface area (Å²) in [7, 11) is 0. The van der Waals surface area contributed by atoms with Gasteiger partial charge in [-0.05, 0) is 0 Å². The number of amides is 2. The number of amidine groups is 1. The molecule has 1 fully saturated rings. The molecule has 0 radical (unpaired) electrons. The van der Waals surface area contributed by atoms with Crippen LogP contribution in [0, 0.1) is 0 Å². The SMILES string of the molecule is C=CN=C1NC(=O)NC1=C.CC. The molecule has 1 aliphatic heterocycles. The van der Waals surface area contributed by atoms with E-state index in [-0.39, 0.29) is 6.03 Å². The van der Waals surface area contributed by atoms with Crippen LogP contribution >= 0.6 is 0 Å². The summed E-state index contributed by atoms with van der Waals surface area (Å²) in [5.41, 5.74) is 0.477. The van der Waals surface area contributed by atoms with Crippen LogP contribution in [0.25, 0.3) is 0 Å². The van der Waals surface area contributed by atoms with Gasteiger partial charge in [-0.25, -0.2) is 9.79 Å². The van der Waals surface area contributed by atoms with Gasteiger partial charge in [-0.3, -0.25) is 5.32 Å². The Hall–Kier alpha value is -1.58. The third-order valence-corrected chi connectivity index (χ3v) is 1.00. The summed E-state index contributed by atoms with van der Waals surface area (Å²) in [5.74, 6) is 0.431. The molecule has 1 rings (SSSR count). The van der Waals surface area contributed by atoms with Gasteiger partial charge in [0.05, 0.1) is 5.70 Å². The molecule has 0 atom stereocenters. The molecule has 0 bridgehead atoms. The van der Waals surface area contributed by atoms with E-state index < -0.39 is 0 Å². The number of carbonyl (C=O) groups is 1. The number of hydrogen-bond acceptors (Lipinski definition) is 2. The second kappa shape index (κ2) is 5.12. The molecule has 4 heteroatoms. The molecule has 1 saturated heterocycles. The van der Waals surface area contributed by atoms with Crippen molar-refractivity contribution in [3.05, 3.63) is 25.1 Å². The Morgan fingerprint density at radius 3 is 2.33 bits per heavy atom. The van der Waals surface area contributed by atoms with E-state index in [9.17, 15) is 4.79 Å². The highest BCUT2D eigenvalue weighted by atomic mass is 16.2. The van der Waals surface area contributed by atoms with E-state index in [1.807, 2.05) is 13.8 Å². The van der Waals surface area contributed by atoms with Crippen molar-refractivity contribution in [1.82, 2.24) is 10.6 Å². The van der Waals surface area contributed by atoms with Crippen LogP contribution in [-0.4, -0.2) is 11.9 Å². The average Bonchev–Trinajstić information content (AvgIpc) is 2.35. The van der Waals surface area contributed by atoms with Gasteiger partial charge in [0.2, 0.25) is 0 Å². The number of nitrogens with zero attached hydrogens (tertiary/aromatic N) is 1. The summed E-state index contributed by atoms with van der Waals surface area (Å²) in [6, 6.07) is -0.300. The van der Waals surface area contributed by atoms with E-state index in [1.165, 1.54) is 6.20 Å². The minimum atomic E-state index is -0.300. The Kier molecular flexibility index (Phi) is 4.45. The molecule has 0 spiro atoms. The third kappa shape index (κ3) is 2.57. The van der Waals surface area contributed by atoms with E-state index in [2.05, 4.69) is 28.8 Å². The Labute approximate surface area is 72.1 Å². The number of carbonyl (C=O) groups excluding carboxylic acids is 1. The zero-order chi connectivity index (χ0) is 9.56. The maximum absolute atomic E-state index is 10.5. The summed E-state index contributed by atoms with van der Waals surface area (Å²) in [6.07, 6.45) is 1.34. The molecule has 12 heavy (non-hydrogen) atoms. The minimum absolute atomic E-state index is 0.300. The van der Waals surface area contributed by atoms with Crippen molar-refractivity contribution in [2.75, 3.05) is 0 Å². The first-order chi connectivity index (χ1) is 5.74. The van der Waals surface area contributed by atoms with Gasteiger partial charge in [0, 0.05) is 6.20 Å². The maximum Gasteiger partial charge on any atom is 0.324 e. The normalized spacial score (nSPS) is 17.7. The van der Waals surface area contributed by atoms with Gasteiger partial charge in [0.15, 0.2) is 5.84 Å². The van der Waals surface area contributed by atoms with E-state index in [1.54, 1.807) is 0 Å². The maximum atomic E-state index is 10.5. The van der Waals surface area contributed by atoms with Crippen molar-refractivity contribution in [2.24, 2.45) is 4.99 Å². The van der Waals surface area contributed by atoms with Gasteiger partial charge < -0.3 is 5.32 Å². The highest BCUT2D eigenvalue weighted by Gasteiger charge is 2.17. The van der Waals surface area contributed by atoms with Gasteiger partial charge in [-0.15, -0.1) is 0 Å². The zero-order valence-electron chi connectivity index (χ0n) is 7.35. The predicted octanol–water partition coefficient (Wildman–Crippen LogP) is 1.38. The number of urea groups is 1. The largest absolute Gasteiger partial charge is 0.324 e. The first-order valence-electron chi connectivity index (χ1n) is 3.70. The molecule has 2 amide bonds. The Morgan fingerprint density at radius 2 is 2.00 bits per heavy atom. The fourth-order valence-electron chi connectivity index (χ4n) is 0.612. The second-order valence-corrected chi connectivity index (χ2v) is 1.72. The molecule has 4 nitrogen and oxygen atoms in total. The summed E-state index contributed by atoms with van der Waals surface area (Å²) in [5, 5.41) is 4.86. The Bertz CT molecular complexity index is 230. The first-order valence-corrected chi connectivity index (χ1v) is 3.70. The molecule has 0 aromatic heterocycles. The summed E-state index contributed by atoms with van der Waals surface area (Å²) < 4.78 is 0. The smallest absolute Gasteiger partial charge is 0.305 e.